The van der Waals surface area contributed by atoms with Gasteiger partial charge in [0.2, 0.25) is 0 Å². The fourth-order valence-electron chi connectivity index (χ4n) is 2.50. The number of nitrogen functional groups attached to an aromatic ring is 1. The summed E-state index contributed by atoms with van der Waals surface area (Å²) in [4.78, 5) is 29.0. The summed E-state index contributed by atoms with van der Waals surface area (Å²) in [7, 11) is 1.76. The number of anilines is 2. The highest BCUT2D eigenvalue weighted by molar-refractivity contribution is 6.07. The molecule has 0 aliphatic rings. The van der Waals surface area contributed by atoms with Crippen molar-refractivity contribution in [1.29, 1.82) is 0 Å². The molecule has 0 atom stereocenters. The van der Waals surface area contributed by atoms with Gasteiger partial charge in [-0.15, -0.1) is 0 Å². The lowest BCUT2D eigenvalue weighted by atomic mass is 10.2. The summed E-state index contributed by atoms with van der Waals surface area (Å²) in [6.07, 6.45) is 1.50. The second-order valence-corrected chi connectivity index (χ2v) is 5.33. The molecular formula is C17H17N5O2. The third-order valence-electron chi connectivity index (χ3n) is 3.88. The molecule has 3 aromatic rings. The van der Waals surface area contributed by atoms with E-state index in [9.17, 15) is 9.59 Å². The number of pyridine rings is 1. The first kappa shape index (κ1) is 15.5. The van der Waals surface area contributed by atoms with Crippen molar-refractivity contribution in [2.45, 2.75) is 6.92 Å². The summed E-state index contributed by atoms with van der Waals surface area (Å²) >= 11 is 0. The predicted molar refractivity (Wildman–Crippen MR) is 92.3 cm³/mol. The lowest BCUT2D eigenvalue weighted by Gasteiger charge is -2.07. The molecule has 0 aliphatic carbocycles. The summed E-state index contributed by atoms with van der Waals surface area (Å²) < 4.78 is 3.19. The van der Waals surface area contributed by atoms with Gasteiger partial charge >= 0.3 is 0 Å². The van der Waals surface area contributed by atoms with Crippen LogP contribution in [0.1, 0.15) is 16.1 Å². The van der Waals surface area contributed by atoms with E-state index in [-0.39, 0.29) is 22.6 Å². The number of carbonyl (C=O) groups is 1. The van der Waals surface area contributed by atoms with Crippen LogP contribution in [0.25, 0.3) is 5.69 Å². The second-order valence-electron chi connectivity index (χ2n) is 5.33. The molecule has 3 N–H and O–H groups in total. The Kier molecular flexibility index (Phi) is 3.91. The molecule has 0 saturated carbocycles. The van der Waals surface area contributed by atoms with Crippen LogP contribution in [0.15, 0.2) is 53.5 Å². The third-order valence-corrected chi connectivity index (χ3v) is 3.88. The molecule has 0 bridgehead atoms. The number of nitrogens with one attached hydrogen (secondary N) is 1. The van der Waals surface area contributed by atoms with Gasteiger partial charge in [-0.05, 0) is 31.2 Å². The number of hydrogen-bond donors (Lipinski definition) is 2. The molecule has 0 saturated heterocycles. The normalized spacial score (nSPS) is 10.6. The van der Waals surface area contributed by atoms with E-state index in [2.05, 4.69) is 10.3 Å². The molecule has 2 aromatic heterocycles. The summed E-state index contributed by atoms with van der Waals surface area (Å²) in [6, 6.07) is 12.4. The fraction of sp³-hybridized carbons (Fsp3) is 0.118. The van der Waals surface area contributed by atoms with E-state index in [1.54, 1.807) is 30.8 Å². The van der Waals surface area contributed by atoms with Crippen LogP contribution in [-0.2, 0) is 7.05 Å². The number of hydrogen-bond acceptors (Lipinski definition) is 4. The highest BCUT2D eigenvalue weighted by atomic mass is 16.2. The van der Waals surface area contributed by atoms with Crippen LogP contribution in [0.3, 0.4) is 0 Å². The number of para-hydroxylation sites is 1. The Morgan fingerprint density at radius 3 is 2.54 bits per heavy atom. The molecule has 0 spiro atoms. The summed E-state index contributed by atoms with van der Waals surface area (Å²) in [6.45, 7) is 1.77. The van der Waals surface area contributed by atoms with E-state index in [0.717, 1.165) is 5.69 Å². The lowest BCUT2D eigenvalue weighted by molar-refractivity contribution is 0.102. The average Bonchev–Trinajstić information content (AvgIpc) is 2.79. The number of benzene rings is 1. The van der Waals surface area contributed by atoms with Crippen molar-refractivity contribution in [2.75, 3.05) is 11.1 Å². The largest absolute Gasteiger partial charge is 0.383 e. The SMILES string of the molecule is Cc1c(NC(=O)c2cccnc2N)c(=O)n(-c2ccccc2)n1C. The summed E-state index contributed by atoms with van der Waals surface area (Å²) in [5, 5.41) is 2.65. The van der Waals surface area contributed by atoms with Crippen molar-refractivity contribution in [3.63, 3.8) is 0 Å². The van der Waals surface area contributed by atoms with Crippen LogP contribution in [0.2, 0.25) is 0 Å². The quantitative estimate of drug-likeness (QED) is 0.767. The van der Waals surface area contributed by atoms with E-state index in [0.29, 0.717) is 5.69 Å². The molecule has 1 amide bonds. The van der Waals surface area contributed by atoms with Gasteiger partial charge in [-0.25, -0.2) is 9.67 Å². The number of aromatic nitrogens is 3. The van der Waals surface area contributed by atoms with Crippen molar-refractivity contribution >= 4 is 17.4 Å². The summed E-state index contributed by atoms with van der Waals surface area (Å²) in [5.74, 6) is -0.349. The Hall–Kier alpha value is -3.35. The number of nitrogens with two attached hydrogens (primary N) is 1. The van der Waals surface area contributed by atoms with Gasteiger partial charge in [0.05, 0.1) is 16.9 Å². The molecule has 0 fully saturated rings. The van der Waals surface area contributed by atoms with Gasteiger partial charge in [-0.1, -0.05) is 18.2 Å². The Balaban J connectivity index is 2.03. The Labute approximate surface area is 138 Å². The first-order valence-electron chi connectivity index (χ1n) is 7.36. The van der Waals surface area contributed by atoms with Gasteiger partial charge in [-0.2, -0.15) is 0 Å². The van der Waals surface area contributed by atoms with Crippen LogP contribution in [0.5, 0.6) is 0 Å². The minimum absolute atomic E-state index is 0.118. The average molecular weight is 323 g/mol. The molecule has 2 heterocycles. The molecule has 0 aliphatic heterocycles. The van der Waals surface area contributed by atoms with E-state index < -0.39 is 5.91 Å². The molecule has 3 rings (SSSR count). The van der Waals surface area contributed by atoms with E-state index >= 15 is 0 Å². The minimum atomic E-state index is -0.466. The van der Waals surface area contributed by atoms with Crippen LogP contribution < -0.4 is 16.6 Å². The first-order chi connectivity index (χ1) is 11.5. The van der Waals surface area contributed by atoms with Crippen molar-refractivity contribution in [3.05, 3.63) is 70.3 Å². The van der Waals surface area contributed by atoms with Crippen molar-refractivity contribution in [3.8, 4) is 5.69 Å². The van der Waals surface area contributed by atoms with Crippen LogP contribution in [0, 0.1) is 6.92 Å². The maximum atomic E-state index is 12.7. The maximum Gasteiger partial charge on any atom is 0.295 e. The zero-order valence-corrected chi connectivity index (χ0v) is 13.4. The zero-order valence-electron chi connectivity index (χ0n) is 13.4. The third kappa shape index (κ3) is 2.56. The number of nitrogens with zero attached hydrogens (tertiary/aromatic N) is 3. The second kappa shape index (κ2) is 6.04. The molecule has 7 heteroatoms. The van der Waals surface area contributed by atoms with Crippen molar-refractivity contribution in [2.24, 2.45) is 7.05 Å². The zero-order chi connectivity index (χ0) is 17.3. The summed E-state index contributed by atoms with van der Waals surface area (Å²) in [5.41, 5.74) is 7.21. The van der Waals surface area contributed by atoms with E-state index in [4.69, 9.17) is 5.73 Å². The Morgan fingerprint density at radius 1 is 1.17 bits per heavy atom. The maximum absolute atomic E-state index is 12.7. The molecule has 0 radical (unpaired) electrons. The minimum Gasteiger partial charge on any atom is -0.383 e. The van der Waals surface area contributed by atoms with Crippen LogP contribution in [0.4, 0.5) is 11.5 Å². The van der Waals surface area contributed by atoms with Crippen molar-refractivity contribution in [1.82, 2.24) is 14.3 Å². The number of rotatable bonds is 3. The first-order valence-corrected chi connectivity index (χ1v) is 7.36. The van der Waals surface area contributed by atoms with Crippen LogP contribution >= 0.6 is 0 Å². The van der Waals surface area contributed by atoms with Gasteiger partial charge < -0.3 is 11.1 Å². The predicted octanol–water partition coefficient (Wildman–Crippen LogP) is 1.71. The smallest absolute Gasteiger partial charge is 0.295 e. The highest BCUT2D eigenvalue weighted by Crippen LogP contribution is 2.16. The molecule has 1 aromatic carbocycles. The molecule has 24 heavy (non-hydrogen) atoms. The lowest BCUT2D eigenvalue weighted by Crippen LogP contribution is -2.23. The topological polar surface area (TPSA) is 94.9 Å². The number of carbonyl (C=O) groups excluding carboxylic acids is 1. The highest BCUT2D eigenvalue weighted by Gasteiger charge is 2.19. The molecular weight excluding hydrogens is 306 g/mol. The van der Waals surface area contributed by atoms with Gasteiger partial charge in [0.15, 0.2) is 0 Å². The van der Waals surface area contributed by atoms with E-state index in [1.165, 1.54) is 10.9 Å². The molecule has 122 valence electrons. The molecule has 7 nitrogen and oxygen atoms in total. The van der Waals surface area contributed by atoms with Gasteiger partial charge in [0.1, 0.15) is 11.5 Å². The number of amides is 1. The van der Waals surface area contributed by atoms with Crippen LogP contribution in [-0.4, -0.2) is 20.3 Å². The van der Waals surface area contributed by atoms with Crippen molar-refractivity contribution < 1.29 is 4.79 Å². The van der Waals surface area contributed by atoms with E-state index in [1.807, 2.05) is 30.3 Å². The van der Waals surface area contributed by atoms with Gasteiger partial charge in [-0.3, -0.25) is 14.3 Å². The fourth-order valence-corrected chi connectivity index (χ4v) is 2.50. The standard InChI is InChI=1S/C17H17N5O2/c1-11-14(20-16(23)13-9-6-10-19-15(13)18)17(24)22(21(11)2)12-7-4-3-5-8-12/h3-10H,1-2H3,(H2,18,19)(H,20,23). The van der Waals surface area contributed by atoms with Gasteiger partial charge in [0, 0.05) is 13.2 Å². The molecule has 0 unspecified atom stereocenters. The Bertz CT molecular complexity index is 957. The monoisotopic (exact) mass is 323 g/mol. The Morgan fingerprint density at radius 2 is 1.88 bits per heavy atom. The van der Waals surface area contributed by atoms with Gasteiger partial charge in [0.25, 0.3) is 11.5 Å².